The van der Waals surface area contributed by atoms with Gasteiger partial charge in [0.05, 0.1) is 12.3 Å². The highest BCUT2D eigenvalue weighted by Crippen LogP contribution is 2.51. The zero-order chi connectivity index (χ0) is 18.6. The van der Waals surface area contributed by atoms with E-state index in [9.17, 15) is 0 Å². The Morgan fingerprint density at radius 2 is 1.86 bits per heavy atom. The lowest BCUT2D eigenvalue weighted by Crippen LogP contribution is -2.59. The molecule has 4 heterocycles. The summed E-state index contributed by atoms with van der Waals surface area (Å²) in [4.78, 5) is 9.43. The summed E-state index contributed by atoms with van der Waals surface area (Å²) in [7, 11) is 0. The van der Waals surface area contributed by atoms with E-state index in [4.69, 9.17) is 4.84 Å². The van der Waals surface area contributed by atoms with Gasteiger partial charge in [0.15, 0.2) is 0 Å². The maximum absolute atomic E-state index is 5.79. The van der Waals surface area contributed by atoms with Gasteiger partial charge in [-0.05, 0) is 35.7 Å². The standard InChI is InChI=1S/C23H20N4O/c1-3-10-19-17(8-1)16-20(24-19)22-23(12-7-15-28-25-23)18-9-2-4-11-21(18)26-13-5-6-14-27(22)26/h1-14,16,22,24-25H,15H2. The van der Waals surface area contributed by atoms with Crippen LogP contribution in [0.2, 0.25) is 0 Å². The lowest BCUT2D eigenvalue weighted by atomic mass is 9.77. The molecule has 3 aliphatic rings. The molecule has 0 saturated carbocycles. The van der Waals surface area contributed by atoms with Crippen LogP contribution < -0.4 is 10.5 Å². The highest BCUT2D eigenvalue weighted by molar-refractivity contribution is 5.80. The number of H-pyrrole nitrogens is 1. The van der Waals surface area contributed by atoms with Crippen LogP contribution in [-0.4, -0.2) is 16.6 Å². The molecule has 5 nitrogen and oxygen atoms in total. The summed E-state index contributed by atoms with van der Waals surface area (Å²) in [5.74, 6) is 0. The molecule has 28 heavy (non-hydrogen) atoms. The highest BCUT2D eigenvalue weighted by Gasteiger charge is 2.51. The number of aromatic nitrogens is 1. The molecule has 3 aliphatic heterocycles. The van der Waals surface area contributed by atoms with Gasteiger partial charge in [-0.15, -0.1) is 0 Å². The fourth-order valence-electron chi connectivity index (χ4n) is 4.61. The van der Waals surface area contributed by atoms with Crippen LogP contribution >= 0.6 is 0 Å². The van der Waals surface area contributed by atoms with Gasteiger partial charge in [-0.1, -0.05) is 48.6 Å². The van der Waals surface area contributed by atoms with Crippen LogP contribution in [0.5, 0.6) is 0 Å². The third kappa shape index (κ3) is 2.08. The monoisotopic (exact) mass is 368 g/mol. The van der Waals surface area contributed by atoms with E-state index in [1.54, 1.807) is 0 Å². The molecule has 0 amide bonds. The van der Waals surface area contributed by atoms with E-state index in [2.05, 4.69) is 112 Å². The van der Waals surface area contributed by atoms with Crippen molar-refractivity contribution in [1.29, 1.82) is 0 Å². The van der Waals surface area contributed by atoms with Crippen LogP contribution in [-0.2, 0) is 10.4 Å². The van der Waals surface area contributed by atoms with Gasteiger partial charge in [0.2, 0.25) is 0 Å². The van der Waals surface area contributed by atoms with E-state index < -0.39 is 5.54 Å². The minimum absolute atomic E-state index is 0.0486. The summed E-state index contributed by atoms with van der Waals surface area (Å²) >= 11 is 0. The van der Waals surface area contributed by atoms with Crippen molar-refractivity contribution in [2.75, 3.05) is 11.6 Å². The van der Waals surface area contributed by atoms with Gasteiger partial charge in [-0.25, -0.2) is 0 Å². The third-order valence-electron chi connectivity index (χ3n) is 5.77. The van der Waals surface area contributed by atoms with Crippen LogP contribution in [0.3, 0.4) is 0 Å². The number of hydrogen-bond acceptors (Lipinski definition) is 4. The van der Waals surface area contributed by atoms with Gasteiger partial charge < -0.3 is 4.98 Å². The molecule has 3 aromatic rings. The Kier molecular flexibility index (Phi) is 3.29. The normalized spacial score (nSPS) is 25.4. The molecule has 1 aromatic heterocycles. The molecule has 0 fully saturated rings. The third-order valence-corrected chi connectivity index (χ3v) is 5.77. The summed E-state index contributed by atoms with van der Waals surface area (Å²) < 4.78 is 0. The number of hydrazine groups is 1. The largest absolute Gasteiger partial charge is 0.357 e. The van der Waals surface area contributed by atoms with E-state index in [-0.39, 0.29) is 6.04 Å². The number of nitrogens with one attached hydrogen (secondary N) is 2. The van der Waals surface area contributed by atoms with Crippen LogP contribution in [0.25, 0.3) is 10.9 Å². The number of allylic oxidation sites excluding steroid dienone is 2. The Balaban J connectivity index is 1.64. The van der Waals surface area contributed by atoms with Gasteiger partial charge in [-0.3, -0.25) is 14.9 Å². The fraction of sp³-hybridized carbons (Fsp3) is 0.130. The number of fused-ring (bicyclic) bond motifs is 5. The number of hydroxylamine groups is 1. The molecule has 2 aromatic carbocycles. The van der Waals surface area contributed by atoms with Crippen molar-refractivity contribution in [3.8, 4) is 0 Å². The SMILES string of the molecule is C1=CN2c3ccccc3C3(C=CCON3)C(c3cc4ccccc4[nH]3)N2C=C1. The molecule has 0 radical (unpaired) electrons. The molecule has 5 heteroatoms. The number of hydrogen-bond donors (Lipinski definition) is 2. The number of anilines is 1. The van der Waals surface area contributed by atoms with Crippen molar-refractivity contribution in [2.24, 2.45) is 0 Å². The molecule has 1 spiro atoms. The second-order valence-electron chi connectivity index (χ2n) is 7.32. The number of benzene rings is 2. The van der Waals surface area contributed by atoms with E-state index in [0.29, 0.717) is 6.61 Å². The van der Waals surface area contributed by atoms with Crippen LogP contribution in [0, 0.1) is 0 Å². The van der Waals surface area contributed by atoms with E-state index in [1.807, 2.05) is 0 Å². The number of rotatable bonds is 1. The first-order chi connectivity index (χ1) is 13.9. The molecule has 2 atom stereocenters. The lowest BCUT2D eigenvalue weighted by molar-refractivity contribution is -0.0412. The average molecular weight is 368 g/mol. The van der Waals surface area contributed by atoms with Crippen molar-refractivity contribution >= 4 is 16.6 Å². The molecule has 2 unspecified atom stereocenters. The lowest BCUT2D eigenvalue weighted by Gasteiger charge is -2.54. The maximum Gasteiger partial charge on any atom is 0.118 e. The molecule has 0 aliphatic carbocycles. The van der Waals surface area contributed by atoms with Crippen molar-refractivity contribution in [3.05, 3.63) is 103 Å². The summed E-state index contributed by atoms with van der Waals surface area (Å²) in [6.07, 6.45) is 12.7. The Morgan fingerprint density at radius 3 is 2.75 bits per heavy atom. The first-order valence-corrected chi connectivity index (χ1v) is 9.53. The van der Waals surface area contributed by atoms with Crippen molar-refractivity contribution in [1.82, 2.24) is 15.5 Å². The summed E-state index contributed by atoms with van der Waals surface area (Å²) in [6.45, 7) is 0.558. The number of aromatic amines is 1. The van der Waals surface area contributed by atoms with Gasteiger partial charge in [0, 0.05) is 29.2 Å². The highest BCUT2D eigenvalue weighted by atomic mass is 16.6. The second-order valence-corrected chi connectivity index (χ2v) is 7.32. The molecule has 0 saturated heterocycles. The maximum atomic E-state index is 5.79. The topological polar surface area (TPSA) is 43.5 Å². The minimum atomic E-state index is -0.512. The Hall–Kier alpha value is -3.28. The number of nitrogens with zero attached hydrogens (tertiary/aromatic N) is 2. The van der Waals surface area contributed by atoms with E-state index >= 15 is 0 Å². The predicted octanol–water partition coefficient (Wildman–Crippen LogP) is 4.27. The Bertz CT molecular complexity index is 1110. The predicted molar refractivity (Wildman–Crippen MR) is 110 cm³/mol. The summed E-state index contributed by atoms with van der Waals surface area (Å²) in [6, 6.07) is 19.1. The zero-order valence-electron chi connectivity index (χ0n) is 15.2. The smallest absolute Gasteiger partial charge is 0.118 e. The molecular weight excluding hydrogens is 348 g/mol. The van der Waals surface area contributed by atoms with Gasteiger partial charge in [0.25, 0.3) is 0 Å². The van der Waals surface area contributed by atoms with Gasteiger partial charge in [0.1, 0.15) is 11.6 Å². The molecule has 6 rings (SSSR count). The van der Waals surface area contributed by atoms with Crippen LogP contribution in [0.1, 0.15) is 17.3 Å². The quantitative estimate of drug-likeness (QED) is 0.630. The van der Waals surface area contributed by atoms with Crippen molar-refractivity contribution < 1.29 is 4.84 Å². The average Bonchev–Trinajstić information content (AvgIpc) is 3.18. The summed E-state index contributed by atoms with van der Waals surface area (Å²) in [5, 5.41) is 5.68. The van der Waals surface area contributed by atoms with E-state index in [1.165, 1.54) is 10.9 Å². The molecule has 2 N–H and O–H groups in total. The van der Waals surface area contributed by atoms with Crippen LogP contribution in [0.15, 0.2) is 91.3 Å². The van der Waals surface area contributed by atoms with Crippen molar-refractivity contribution in [2.45, 2.75) is 11.6 Å². The molecular formula is C23H20N4O. The summed E-state index contributed by atoms with van der Waals surface area (Å²) in [5.41, 5.74) is 7.46. The zero-order valence-corrected chi connectivity index (χ0v) is 15.2. The first kappa shape index (κ1) is 15.7. The Morgan fingerprint density at radius 1 is 1.00 bits per heavy atom. The molecule has 138 valence electrons. The first-order valence-electron chi connectivity index (χ1n) is 9.53. The van der Waals surface area contributed by atoms with Crippen molar-refractivity contribution in [3.63, 3.8) is 0 Å². The molecule has 0 bridgehead atoms. The van der Waals surface area contributed by atoms with Gasteiger partial charge >= 0.3 is 0 Å². The fourth-order valence-corrected chi connectivity index (χ4v) is 4.61. The number of para-hydroxylation sites is 2. The van der Waals surface area contributed by atoms with Crippen LogP contribution in [0.4, 0.5) is 5.69 Å². The minimum Gasteiger partial charge on any atom is -0.357 e. The Labute approximate surface area is 163 Å². The second kappa shape index (κ2) is 5.86. The van der Waals surface area contributed by atoms with Gasteiger partial charge in [-0.2, -0.15) is 5.48 Å². The van der Waals surface area contributed by atoms with E-state index in [0.717, 1.165) is 16.9 Å².